The van der Waals surface area contributed by atoms with Gasteiger partial charge in [-0.3, -0.25) is 0 Å². The van der Waals surface area contributed by atoms with Crippen molar-refractivity contribution < 1.29 is 26.7 Å². The average Bonchev–Trinajstić information content (AvgIpc) is 2.92. The molecule has 0 aliphatic carbocycles. The molecule has 0 saturated carbocycles. The third kappa shape index (κ3) is 3.90. The lowest BCUT2D eigenvalue weighted by atomic mass is 9.92. The van der Waals surface area contributed by atoms with Gasteiger partial charge in [0.05, 0.1) is 17.4 Å². The SMILES string of the molecule is Cc1cnc2c(c1)cc(C(F)(F)F)n2CC1(O)CCN(S(=O)(=O)C(C)C)CC1. The van der Waals surface area contributed by atoms with Crippen molar-refractivity contribution in [2.45, 2.75) is 57.2 Å². The molecule has 156 valence electrons. The number of fused-ring (bicyclic) bond motifs is 1. The minimum absolute atomic E-state index is 0.0573. The van der Waals surface area contributed by atoms with Gasteiger partial charge >= 0.3 is 6.18 Å². The Hall–Kier alpha value is -1.65. The van der Waals surface area contributed by atoms with Crippen molar-refractivity contribution in [1.82, 2.24) is 13.9 Å². The summed E-state index contributed by atoms with van der Waals surface area (Å²) >= 11 is 0. The first-order valence-electron chi connectivity index (χ1n) is 9.08. The van der Waals surface area contributed by atoms with Gasteiger partial charge in [0, 0.05) is 24.7 Å². The number of pyridine rings is 1. The first-order valence-corrected chi connectivity index (χ1v) is 10.6. The lowest BCUT2D eigenvalue weighted by Gasteiger charge is -2.38. The maximum atomic E-state index is 13.6. The topological polar surface area (TPSA) is 75.4 Å². The molecule has 10 heteroatoms. The van der Waals surface area contributed by atoms with Gasteiger partial charge in [-0.15, -0.1) is 0 Å². The number of aryl methyl sites for hydroxylation is 1. The summed E-state index contributed by atoms with van der Waals surface area (Å²) in [5.74, 6) is 0. The fourth-order valence-electron chi connectivity index (χ4n) is 3.56. The van der Waals surface area contributed by atoms with Crippen LogP contribution in [0.1, 0.15) is 37.9 Å². The van der Waals surface area contributed by atoms with Crippen LogP contribution in [-0.2, 0) is 22.7 Å². The van der Waals surface area contributed by atoms with Gasteiger partial charge in [0.25, 0.3) is 0 Å². The highest BCUT2D eigenvalue weighted by atomic mass is 32.2. The Labute approximate surface area is 162 Å². The molecular formula is C18H24F3N3O3S. The lowest BCUT2D eigenvalue weighted by molar-refractivity contribution is -0.145. The molecule has 28 heavy (non-hydrogen) atoms. The maximum absolute atomic E-state index is 13.6. The Morgan fingerprint density at radius 1 is 1.25 bits per heavy atom. The summed E-state index contributed by atoms with van der Waals surface area (Å²) < 4.78 is 67.5. The van der Waals surface area contributed by atoms with E-state index in [9.17, 15) is 26.7 Å². The van der Waals surface area contributed by atoms with E-state index in [1.54, 1.807) is 26.8 Å². The number of halogens is 3. The fraction of sp³-hybridized carbons (Fsp3) is 0.611. The third-order valence-corrected chi connectivity index (χ3v) is 7.50. The van der Waals surface area contributed by atoms with Crippen LogP contribution >= 0.6 is 0 Å². The molecule has 2 aromatic heterocycles. The molecule has 1 aliphatic heterocycles. The van der Waals surface area contributed by atoms with Gasteiger partial charge in [-0.2, -0.15) is 13.2 Å². The molecule has 2 aromatic rings. The molecule has 0 unspecified atom stereocenters. The van der Waals surface area contributed by atoms with Crippen LogP contribution < -0.4 is 0 Å². The Kier molecular flexibility index (Phi) is 5.26. The monoisotopic (exact) mass is 419 g/mol. The van der Waals surface area contributed by atoms with E-state index >= 15 is 0 Å². The zero-order valence-electron chi connectivity index (χ0n) is 16.0. The zero-order valence-corrected chi connectivity index (χ0v) is 16.8. The summed E-state index contributed by atoms with van der Waals surface area (Å²) in [6.45, 7) is 4.75. The molecule has 1 saturated heterocycles. The summed E-state index contributed by atoms with van der Waals surface area (Å²) in [4.78, 5) is 4.13. The Morgan fingerprint density at radius 3 is 2.39 bits per heavy atom. The molecule has 3 heterocycles. The van der Waals surface area contributed by atoms with Crippen LogP contribution in [0.5, 0.6) is 0 Å². The van der Waals surface area contributed by atoms with E-state index in [2.05, 4.69) is 4.98 Å². The first-order chi connectivity index (χ1) is 12.8. The number of nitrogens with zero attached hydrogens (tertiary/aromatic N) is 3. The average molecular weight is 419 g/mol. The van der Waals surface area contributed by atoms with Crippen molar-refractivity contribution in [3.05, 3.63) is 29.6 Å². The second-order valence-electron chi connectivity index (χ2n) is 7.76. The van der Waals surface area contributed by atoms with Crippen LogP contribution in [0.25, 0.3) is 11.0 Å². The van der Waals surface area contributed by atoms with Gasteiger partial charge < -0.3 is 9.67 Å². The largest absolute Gasteiger partial charge is 0.431 e. The first kappa shape index (κ1) is 21.1. The van der Waals surface area contributed by atoms with Crippen LogP contribution in [0.15, 0.2) is 18.3 Å². The van der Waals surface area contributed by atoms with Crippen LogP contribution in [0.3, 0.4) is 0 Å². The predicted molar refractivity (Wildman–Crippen MR) is 99.3 cm³/mol. The predicted octanol–water partition coefficient (Wildman–Crippen LogP) is 2.93. The van der Waals surface area contributed by atoms with E-state index in [1.807, 2.05) is 0 Å². The number of rotatable bonds is 4. The van der Waals surface area contributed by atoms with Crippen LogP contribution in [-0.4, -0.2) is 51.3 Å². The molecule has 0 bridgehead atoms. The smallest absolute Gasteiger partial charge is 0.388 e. The molecule has 1 fully saturated rings. The summed E-state index contributed by atoms with van der Waals surface area (Å²) in [6.07, 6.45) is -2.99. The highest BCUT2D eigenvalue weighted by molar-refractivity contribution is 7.89. The van der Waals surface area contributed by atoms with Crippen molar-refractivity contribution >= 4 is 21.1 Å². The van der Waals surface area contributed by atoms with E-state index < -0.39 is 32.7 Å². The molecule has 3 rings (SSSR count). The van der Waals surface area contributed by atoms with Crippen LogP contribution in [0, 0.1) is 6.92 Å². The molecule has 0 atom stereocenters. The molecule has 0 amide bonds. The van der Waals surface area contributed by atoms with E-state index in [-0.39, 0.29) is 38.1 Å². The van der Waals surface area contributed by atoms with Gasteiger partial charge in [-0.1, -0.05) is 0 Å². The summed E-state index contributed by atoms with van der Waals surface area (Å²) in [6, 6.07) is 2.66. The number of hydrogen-bond acceptors (Lipinski definition) is 4. The van der Waals surface area contributed by atoms with E-state index in [4.69, 9.17) is 0 Å². The Balaban J connectivity index is 1.91. The van der Waals surface area contributed by atoms with E-state index in [0.29, 0.717) is 5.39 Å². The van der Waals surface area contributed by atoms with Crippen molar-refractivity contribution in [1.29, 1.82) is 0 Å². The lowest BCUT2D eigenvalue weighted by Crippen LogP contribution is -2.50. The number of aromatic nitrogens is 2. The number of sulfonamides is 1. The molecule has 0 spiro atoms. The number of piperidine rings is 1. The van der Waals surface area contributed by atoms with Crippen molar-refractivity contribution in [3.63, 3.8) is 0 Å². The number of hydrogen-bond donors (Lipinski definition) is 1. The molecule has 0 aromatic carbocycles. The van der Waals surface area contributed by atoms with E-state index in [1.165, 1.54) is 10.5 Å². The van der Waals surface area contributed by atoms with Gasteiger partial charge in [0.1, 0.15) is 11.3 Å². The summed E-state index contributed by atoms with van der Waals surface area (Å²) in [7, 11) is -3.46. The van der Waals surface area contributed by atoms with Crippen LogP contribution in [0.4, 0.5) is 13.2 Å². The second kappa shape index (κ2) is 7.00. The minimum atomic E-state index is -4.59. The maximum Gasteiger partial charge on any atom is 0.431 e. The normalized spacial score (nSPS) is 18.9. The zero-order chi connectivity index (χ0) is 20.9. The molecule has 6 nitrogen and oxygen atoms in total. The fourth-order valence-corrected chi connectivity index (χ4v) is 4.85. The van der Waals surface area contributed by atoms with Gasteiger partial charge in [0.2, 0.25) is 10.0 Å². The van der Waals surface area contributed by atoms with Gasteiger partial charge in [-0.05, 0) is 51.3 Å². The molecule has 1 aliphatic rings. The van der Waals surface area contributed by atoms with Gasteiger partial charge in [-0.25, -0.2) is 17.7 Å². The number of aliphatic hydroxyl groups is 1. The molecule has 0 radical (unpaired) electrons. The summed E-state index contributed by atoms with van der Waals surface area (Å²) in [5.41, 5.74) is -1.42. The van der Waals surface area contributed by atoms with Crippen LogP contribution in [0.2, 0.25) is 0 Å². The van der Waals surface area contributed by atoms with Crippen molar-refractivity contribution in [2.24, 2.45) is 0 Å². The highest BCUT2D eigenvalue weighted by Crippen LogP contribution is 2.36. The second-order valence-corrected chi connectivity index (χ2v) is 10.2. The Bertz CT molecular complexity index is 975. The molecular weight excluding hydrogens is 395 g/mol. The summed E-state index contributed by atoms with van der Waals surface area (Å²) in [5, 5.41) is 10.7. The Morgan fingerprint density at radius 2 is 1.86 bits per heavy atom. The molecule has 1 N–H and O–H groups in total. The van der Waals surface area contributed by atoms with Crippen molar-refractivity contribution in [2.75, 3.05) is 13.1 Å². The van der Waals surface area contributed by atoms with Gasteiger partial charge in [0.15, 0.2) is 0 Å². The highest BCUT2D eigenvalue weighted by Gasteiger charge is 2.41. The third-order valence-electron chi connectivity index (χ3n) is 5.22. The number of alkyl halides is 3. The van der Waals surface area contributed by atoms with Crippen molar-refractivity contribution in [3.8, 4) is 0 Å². The van der Waals surface area contributed by atoms with E-state index in [0.717, 1.165) is 16.2 Å². The minimum Gasteiger partial charge on any atom is -0.388 e. The standard InChI is InChI=1S/C18H24F3N3O3S/c1-12(2)28(26,27)23-6-4-17(25,5-7-23)11-24-15(18(19,20)21)9-14-8-13(3)10-22-16(14)24/h8-10,12,25H,4-7,11H2,1-3H3. The quantitative estimate of drug-likeness (QED) is 0.827.